The summed E-state index contributed by atoms with van der Waals surface area (Å²) in [6.07, 6.45) is 4.84. The van der Waals surface area contributed by atoms with E-state index in [2.05, 4.69) is 24.2 Å². The summed E-state index contributed by atoms with van der Waals surface area (Å²) in [5, 5.41) is 3.90. The molecule has 0 aromatic carbocycles. The van der Waals surface area contributed by atoms with Gasteiger partial charge in [-0.25, -0.2) is 0 Å². The monoisotopic (exact) mass is 305 g/mol. The molecule has 2 aliphatic rings. The van der Waals surface area contributed by atoms with Crippen molar-refractivity contribution in [2.45, 2.75) is 51.6 Å². The number of carbonyl (C=O) groups is 1. The van der Waals surface area contributed by atoms with Crippen LogP contribution in [0.4, 0.5) is 0 Å². The van der Waals surface area contributed by atoms with Crippen LogP contribution >= 0.6 is 0 Å². The van der Waals surface area contributed by atoms with Gasteiger partial charge in [0.15, 0.2) is 0 Å². The summed E-state index contributed by atoms with van der Waals surface area (Å²) >= 11 is 0. The molecule has 0 N–H and O–H groups in total. The van der Waals surface area contributed by atoms with Crippen LogP contribution in [-0.4, -0.2) is 54.1 Å². The number of nitrogens with zero attached hydrogens (tertiary/aromatic N) is 3. The number of amides is 1. The van der Waals surface area contributed by atoms with Crippen LogP contribution < -0.4 is 0 Å². The van der Waals surface area contributed by atoms with E-state index in [9.17, 15) is 4.79 Å². The maximum Gasteiger partial charge on any atom is 0.259 e. The van der Waals surface area contributed by atoms with Gasteiger partial charge in [0.05, 0.1) is 5.69 Å². The maximum absolute atomic E-state index is 12.7. The highest BCUT2D eigenvalue weighted by atomic mass is 16.5. The molecule has 1 aromatic heterocycles. The molecule has 5 nitrogen and oxygen atoms in total. The van der Waals surface area contributed by atoms with Crippen LogP contribution in [0.2, 0.25) is 0 Å². The van der Waals surface area contributed by atoms with Crippen molar-refractivity contribution in [3.63, 3.8) is 0 Å². The highest BCUT2D eigenvalue weighted by Gasteiger charge is 2.44. The lowest BCUT2D eigenvalue weighted by atomic mass is 10.0. The molecule has 1 amide bonds. The van der Waals surface area contributed by atoms with Gasteiger partial charge in [-0.15, -0.1) is 0 Å². The van der Waals surface area contributed by atoms with Crippen LogP contribution in [0.1, 0.15) is 47.5 Å². The number of aromatic nitrogens is 1. The van der Waals surface area contributed by atoms with Gasteiger partial charge in [0.1, 0.15) is 11.3 Å². The van der Waals surface area contributed by atoms with Crippen LogP contribution in [0.5, 0.6) is 0 Å². The quantitative estimate of drug-likeness (QED) is 0.861. The number of hydrogen-bond acceptors (Lipinski definition) is 4. The number of aryl methyl sites for hydroxylation is 2. The first kappa shape index (κ1) is 15.5. The Morgan fingerprint density at radius 1 is 1.05 bits per heavy atom. The summed E-state index contributed by atoms with van der Waals surface area (Å²) < 4.78 is 5.14. The fourth-order valence-corrected chi connectivity index (χ4v) is 4.42. The summed E-state index contributed by atoms with van der Waals surface area (Å²) in [5.74, 6) is 2.24. The van der Waals surface area contributed by atoms with E-state index in [1.54, 1.807) is 0 Å². The Kier molecular flexibility index (Phi) is 4.02. The lowest BCUT2D eigenvalue weighted by molar-refractivity contribution is 0.0724. The van der Waals surface area contributed by atoms with Gasteiger partial charge in [-0.2, -0.15) is 0 Å². The SMILES string of the molecule is Cc1noc(C)c1C(=O)N(C)C1C[C@H]2CC(N(C)C)C[C@H]2C1. The van der Waals surface area contributed by atoms with Crippen molar-refractivity contribution in [2.75, 3.05) is 21.1 Å². The van der Waals surface area contributed by atoms with Gasteiger partial charge in [-0.3, -0.25) is 4.79 Å². The topological polar surface area (TPSA) is 49.6 Å². The molecule has 0 spiro atoms. The molecule has 2 fully saturated rings. The predicted molar refractivity (Wildman–Crippen MR) is 84.8 cm³/mol. The van der Waals surface area contributed by atoms with Crippen molar-refractivity contribution >= 4 is 5.91 Å². The van der Waals surface area contributed by atoms with Gasteiger partial charge in [-0.05, 0) is 65.5 Å². The molecular weight excluding hydrogens is 278 g/mol. The predicted octanol–water partition coefficient (Wildman–Crippen LogP) is 2.48. The largest absolute Gasteiger partial charge is 0.361 e. The summed E-state index contributed by atoms with van der Waals surface area (Å²) in [7, 11) is 6.29. The number of rotatable bonds is 3. The molecule has 122 valence electrons. The molecule has 4 atom stereocenters. The Bertz CT molecular complexity index is 533. The standard InChI is InChI=1S/C17H27N3O2/c1-10-16(11(2)22-18-10)17(21)20(5)15-8-12-6-14(19(3)4)7-13(12)9-15/h12-15H,6-9H2,1-5H3/t12-,13+,14?,15?. The van der Waals surface area contributed by atoms with Gasteiger partial charge in [-0.1, -0.05) is 5.16 Å². The Balaban J connectivity index is 1.66. The minimum absolute atomic E-state index is 0.0605. The maximum atomic E-state index is 12.7. The minimum atomic E-state index is 0.0605. The number of fused-ring (bicyclic) bond motifs is 1. The third kappa shape index (κ3) is 2.56. The molecule has 2 saturated carbocycles. The van der Waals surface area contributed by atoms with E-state index in [1.165, 1.54) is 12.8 Å². The van der Waals surface area contributed by atoms with E-state index < -0.39 is 0 Å². The average molecular weight is 305 g/mol. The first-order chi connectivity index (χ1) is 10.4. The Labute approximate surface area is 132 Å². The van der Waals surface area contributed by atoms with Gasteiger partial charge in [0.25, 0.3) is 5.91 Å². The van der Waals surface area contributed by atoms with Gasteiger partial charge >= 0.3 is 0 Å². The third-order valence-corrected chi connectivity index (χ3v) is 5.81. The molecule has 1 aromatic rings. The van der Waals surface area contributed by atoms with E-state index in [-0.39, 0.29) is 5.91 Å². The molecule has 1 heterocycles. The molecule has 0 aliphatic heterocycles. The summed E-state index contributed by atoms with van der Waals surface area (Å²) in [6.45, 7) is 3.65. The zero-order chi connectivity index (χ0) is 16.0. The van der Waals surface area contributed by atoms with Crippen LogP contribution in [0.25, 0.3) is 0 Å². The van der Waals surface area contributed by atoms with Gasteiger partial charge in [0.2, 0.25) is 0 Å². The zero-order valence-corrected chi connectivity index (χ0v) is 14.3. The van der Waals surface area contributed by atoms with Gasteiger partial charge in [0, 0.05) is 19.1 Å². The Morgan fingerprint density at radius 2 is 1.59 bits per heavy atom. The van der Waals surface area contributed by atoms with Crippen LogP contribution in [0.3, 0.4) is 0 Å². The van der Waals surface area contributed by atoms with Crippen molar-refractivity contribution < 1.29 is 9.32 Å². The first-order valence-electron chi connectivity index (χ1n) is 8.25. The van der Waals surface area contributed by atoms with E-state index in [4.69, 9.17) is 4.52 Å². The number of carbonyl (C=O) groups excluding carboxylic acids is 1. The van der Waals surface area contributed by atoms with Crippen molar-refractivity contribution in [3.05, 3.63) is 17.0 Å². The molecule has 2 aliphatic carbocycles. The third-order valence-electron chi connectivity index (χ3n) is 5.81. The first-order valence-corrected chi connectivity index (χ1v) is 8.25. The fourth-order valence-electron chi connectivity index (χ4n) is 4.42. The van der Waals surface area contributed by atoms with Crippen molar-refractivity contribution in [3.8, 4) is 0 Å². The normalized spacial score (nSPS) is 30.8. The highest BCUT2D eigenvalue weighted by molar-refractivity contribution is 5.96. The lowest BCUT2D eigenvalue weighted by Gasteiger charge is -2.27. The highest BCUT2D eigenvalue weighted by Crippen LogP contribution is 2.46. The molecule has 0 bridgehead atoms. The van der Waals surface area contributed by atoms with E-state index in [0.717, 1.165) is 30.7 Å². The zero-order valence-electron chi connectivity index (χ0n) is 14.3. The molecular formula is C17H27N3O2. The van der Waals surface area contributed by atoms with Crippen LogP contribution in [-0.2, 0) is 0 Å². The van der Waals surface area contributed by atoms with E-state index in [0.29, 0.717) is 23.1 Å². The molecule has 22 heavy (non-hydrogen) atoms. The van der Waals surface area contributed by atoms with Crippen molar-refractivity contribution in [1.82, 2.24) is 15.0 Å². The fraction of sp³-hybridized carbons (Fsp3) is 0.765. The lowest BCUT2D eigenvalue weighted by Crippen LogP contribution is -2.37. The second-order valence-electron chi connectivity index (χ2n) is 7.35. The smallest absolute Gasteiger partial charge is 0.259 e. The summed E-state index contributed by atoms with van der Waals surface area (Å²) in [4.78, 5) is 17.0. The van der Waals surface area contributed by atoms with Crippen LogP contribution in [0, 0.1) is 25.7 Å². The van der Waals surface area contributed by atoms with E-state index >= 15 is 0 Å². The molecule has 0 saturated heterocycles. The van der Waals surface area contributed by atoms with E-state index in [1.807, 2.05) is 25.8 Å². The summed E-state index contributed by atoms with van der Waals surface area (Å²) in [6, 6.07) is 1.08. The average Bonchev–Trinajstić information content (AvgIpc) is 3.10. The molecule has 5 heteroatoms. The Hall–Kier alpha value is -1.36. The molecule has 2 unspecified atom stereocenters. The second kappa shape index (κ2) is 5.69. The number of hydrogen-bond donors (Lipinski definition) is 0. The minimum Gasteiger partial charge on any atom is -0.361 e. The molecule has 0 radical (unpaired) electrons. The Morgan fingerprint density at radius 3 is 2.05 bits per heavy atom. The van der Waals surface area contributed by atoms with Crippen molar-refractivity contribution in [1.29, 1.82) is 0 Å². The van der Waals surface area contributed by atoms with Gasteiger partial charge < -0.3 is 14.3 Å². The molecule has 3 rings (SSSR count). The second-order valence-corrected chi connectivity index (χ2v) is 7.35. The van der Waals surface area contributed by atoms with Crippen LogP contribution in [0.15, 0.2) is 4.52 Å². The summed E-state index contributed by atoms with van der Waals surface area (Å²) in [5.41, 5.74) is 1.34. The van der Waals surface area contributed by atoms with Crippen molar-refractivity contribution in [2.24, 2.45) is 11.8 Å².